The maximum absolute atomic E-state index is 15.7. The van der Waals surface area contributed by atoms with Gasteiger partial charge in [-0.15, -0.1) is 0 Å². The summed E-state index contributed by atoms with van der Waals surface area (Å²) in [5, 5.41) is 10.5. The maximum atomic E-state index is 15.7. The summed E-state index contributed by atoms with van der Waals surface area (Å²) in [7, 11) is 0. The summed E-state index contributed by atoms with van der Waals surface area (Å²) in [5.74, 6) is -0.703. The van der Waals surface area contributed by atoms with Crippen LogP contribution < -0.4 is 14.4 Å². The Hall–Kier alpha value is -3.91. The molecule has 3 aliphatic rings. The highest BCUT2D eigenvalue weighted by molar-refractivity contribution is 6.09. The minimum atomic E-state index is -1.29. The predicted octanol–water partition coefficient (Wildman–Crippen LogP) is 6.90. The first-order valence-electron chi connectivity index (χ1n) is 15.0. The highest BCUT2D eigenvalue weighted by Gasteiger charge is 2.38. The topological polar surface area (TPSA) is 85.3 Å². The van der Waals surface area contributed by atoms with E-state index < -0.39 is 23.5 Å². The van der Waals surface area contributed by atoms with Gasteiger partial charge in [0.15, 0.2) is 17.7 Å². The molecule has 0 bridgehead atoms. The molecule has 3 heterocycles. The summed E-state index contributed by atoms with van der Waals surface area (Å²) < 4.78 is 33.4. The minimum absolute atomic E-state index is 0.123. The molecule has 0 aliphatic carbocycles. The van der Waals surface area contributed by atoms with Gasteiger partial charge >= 0.3 is 5.97 Å². The molecule has 6 rings (SSSR count). The summed E-state index contributed by atoms with van der Waals surface area (Å²) in [6, 6.07) is 8.94. The van der Waals surface area contributed by atoms with Crippen LogP contribution in [0.3, 0.4) is 0 Å². The lowest BCUT2D eigenvalue weighted by Gasteiger charge is -2.30. The van der Waals surface area contributed by atoms with Crippen LogP contribution in [-0.2, 0) is 28.8 Å². The van der Waals surface area contributed by atoms with Crippen molar-refractivity contribution in [2.24, 2.45) is 0 Å². The molecule has 0 unspecified atom stereocenters. The Labute approximate surface area is 251 Å². The molecule has 0 aromatic heterocycles. The Morgan fingerprint density at radius 1 is 1.00 bits per heavy atom. The van der Waals surface area contributed by atoms with Crippen molar-refractivity contribution in [3.63, 3.8) is 0 Å². The van der Waals surface area contributed by atoms with Crippen molar-refractivity contribution in [3.8, 4) is 22.6 Å². The van der Waals surface area contributed by atoms with Gasteiger partial charge in [-0.1, -0.05) is 6.07 Å². The standard InChI is InChI=1S/C35H38FNO6/c1-19-17-27-24(13-14-37(27)33(38)23-9-6-12-28-22(23)11-8-15-41-28)30(29(19)32(34(39)40)43-35(3,4)5)25-18-26(36)31-21(20(25)2)10-7-16-42-31/h6,9,12,17-18,32H,7-8,10-11,13-16H2,1-5H3,(H,39,40)/t32-/m0/s1. The summed E-state index contributed by atoms with van der Waals surface area (Å²) in [6.07, 6.45) is 2.25. The number of aliphatic carboxylic acids is 1. The van der Waals surface area contributed by atoms with E-state index in [-0.39, 0.29) is 11.7 Å². The first kappa shape index (κ1) is 29.2. The van der Waals surface area contributed by atoms with Crippen LogP contribution in [0.5, 0.6) is 11.5 Å². The van der Waals surface area contributed by atoms with Crippen molar-refractivity contribution < 1.29 is 33.3 Å². The van der Waals surface area contributed by atoms with Gasteiger partial charge in [-0.2, -0.15) is 0 Å². The number of aryl methyl sites for hydroxylation is 1. The number of hydrogen-bond acceptors (Lipinski definition) is 5. The number of carboxylic acid groups (broad SMARTS) is 1. The molecule has 43 heavy (non-hydrogen) atoms. The second-order valence-electron chi connectivity index (χ2n) is 12.7. The fourth-order valence-electron chi connectivity index (χ4n) is 6.79. The number of carbonyl (C=O) groups is 2. The number of nitrogens with zero attached hydrogens (tertiary/aromatic N) is 1. The Bertz CT molecular complexity index is 1640. The van der Waals surface area contributed by atoms with Crippen LogP contribution in [-0.4, -0.2) is 42.3 Å². The van der Waals surface area contributed by atoms with E-state index >= 15 is 4.39 Å². The lowest BCUT2D eigenvalue weighted by Crippen LogP contribution is -2.31. The summed E-state index contributed by atoms with van der Waals surface area (Å²) >= 11 is 0. The van der Waals surface area contributed by atoms with E-state index in [1.165, 1.54) is 6.07 Å². The fraction of sp³-hybridized carbons (Fsp3) is 0.429. The average molecular weight is 588 g/mol. The minimum Gasteiger partial charge on any atom is -0.493 e. The number of hydrogen-bond donors (Lipinski definition) is 1. The van der Waals surface area contributed by atoms with Crippen LogP contribution in [0.15, 0.2) is 30.3 Å². The van der Waals surface area contributed by atoms with E-state index in [0.29, 0.717) is 66.1 Å². The monoisotopic (exact) mass is 587 g/mol. The van der Waals surface area contributed by atoms with Crippen LogP contribution in [0.25, 0.3) is 11.1 Å². The maximum Gasteiger partial charge on any atom is 0.337 e. The number of carboxylic acids is 1. The fourth-order valence-corrected chi connectivity index (χ4v) is 6.79. The number of fused-ring (bicyclic) bond motifs is 3. The molecule has 0 fully saturated rings. The summed E-state index contributed by atoms with van der Waals surface area (Å²) in [5.41, 5.74) is 6.34. The molecule has 1 N–H and O–H groups in total. The zero-order valence-corrected chi connectivity index (χ0v) is 25.4. The van der Waals surface area contributed by atoms with Gasteiger partial charge in [0.1, 0.15) is 5.75 Å². The second-order valence-corrected chi connectivity index (χ2v) is 12.7. The van der Waals surface area contributed by atoms with Crippen LogP contribution in [0.1, 0.15) is 83.5 Å². The first-order chi connectivity index (χ1) is 20.5. The van der Waals surface area contributed by atoms with Crippen LogP contribution in [0.2, 0.25) is 0 Å². The molecule has 1 amide bonds. The van der Waals surface area contributed by atoms with Gasteiger partial charge in [0.25, 0.3) is 5.91 Å². The number of anilines is 1. The number of amides is 1. The van der Waals surface area contributed by atoms with Gasteiger partial charge in [-0.3, -0.25) is 4.79 Å². The highest BCUT2D eigenvalue weighted by atomic mass is 19.1. The normalized spacial score (nSPS) is 16.5. The number of benzene rings is 3. The van der Waals surface area contributed by atoms with Crippen LogP contribution in [0, 0.1) is 19.7 Å². The summed E-state index contributed by atoms with van der Waals surface area (Å²) in [6.45, 7) is 10.7. The highest BCUT2D eigenvalue weighted by Crippen LogP contribution is 2.48. The first-order valence-corrected chi connectivity index (χ1v) is 15.0. The lowest BCUT2D eigenvalue weighted by atomic mass is 9.83. The number of carbonyl (C=O) groups excluding carboxylic acids is 1. The molecule has 3 aliphatic heterocycles. The third kappa shape index (κ3) is 5.16. The molecule has 0 saturated carbocycles. The van der Waals surface area contributed by atoms with Crippen molar-refractivity contribution >= 4 is 17.6 Å². The van der Waals surface area contributed by atoms with Crippen LogP contribution in [0.4, 0.5) is 10.1 Å². The SMILES string of the molecule is Cc1cc2c(c(-c3cc(F)c4c(c3C)CCCO4)c1[C@H](OC(C)(C)C)C(=O)O)CCN2C(=O)c1cccc2c1CCCO2. The number of halogens is 1. The molecule has 0 radical (unpaired) electrons. The van der Waals surface area contributed by atoms with E-state index in [4.69, 9.17) is 14.2 Å². The largest absolute Gasteiger partial charge is 0.493 e. The lowest BCUT2D eigenvalue weighted by molar-refractivity contribution is -0.160. The Morgan fingerprint density at radius 2 is 1.72 bits per heavy atom. The van der Waals surface area contributed by atoms with Gasteiger partial charge in [0, 0.05) is 34.5 Å². The zero-order valence-electron chi connectivity index (χ0n) is 25.4. The molecular weight excluding hydrogens is 549 g/mol. The zero-order chi connectivity index (χ0) is 30.6. The molecule has 3 aromatic rings. The number of rotatable bonds is 5. The van der Waals surface area contributed by atoms with E-state index in [0.717, 1.165) is 47.3 Å². The van der Waals surface area contributed by atoms with E-state index in [1.54, 1.807) is 4.90 Å². The number of ether oxygens (including phenoxy) is 3. The van der Waals surface area contributed by atoms with Gasteiger partial charge < -0.3 is 24.2 Å². The molecule has 0 saturated heterocycles. The quantitative estimate of drug-likeness (QED) is 0.350. The Balaban J connectivity index is 1.57. The Kier molecular flexibility index (Phi) is 7.45. The van der Waals surface area contributed by atoms with Crippen molar-refractivity contribution in [1.29, 1.82) is 0 Å². The van der Waals surface area contributed by atoms with E-state index in [9.17, 15) is 14.7 Å². The van der Waals surface area contributed by atoms with E-state index in [2.05, 4.69) is 0 Å². The molecule has 226 valence electrons. The Morgan fingerprint density at radius 3 is 2.44 bits per heavy atom. The van der Waals surface area contributed by atoms with Crippen molar-refractivity contribution in [3.05, 3.63) is 75.1 Å². The third-order valence-electron chi connectivity index (χ3n) is 8.64. The molecular formula is C35H38FNO6. The summed E-state index contributed by atoms with van der Waals surface area (Å²) in [4.78, 5) is 28.7. The van der Waals surface area contributed by atoms with Crippen molar-refractivity contribution in [1.82, 2.24) is 0 Å². The molecule has 1 atom stereocenters. The van der Waals surface area contributed by atoms with Crippen molar-refractivity contribution in [2.45, 2.75) is 78.4 Å². The van der Waals surface area contributed by atoms with Crippen LogP contribution >= 0.6 is 0 Å². The van der Waals surface area contributed by atoms with Gasteiger partial charge in [0.05, 0.1) is 18.8 Å². The second kappa shape index (κ2) is 11.0. The molecule has 3 aromatic carbocycles. The molecule has 8 heteroatoms. The smallest absolute Gasteiger partial charge is 0.337 e. The van der Waals surface area contributed by atoms with Crippen molar-refractivity contribution in [2.75, 3.05) is 24.7 Å². The van der Waals surface area contributed by atoms with Gasteiger partial charge in [0.2, 0.25) is 0 Å². The third-order valence-corrected chi connectivity index (χ3v) is 8.64. The molecule has 0 spiro atoms. The van der Waals surface area contributed by atoms with E-state index in [1.807, 2.05) is 58.9 Å². The molecule has 7 nitrogen and oxygen atoms in total. The average Bonchev–Trinajstić information content (AvgIpc) is 3.39. The van der Waals surface area contributed by atoms with Gasteiger partial charge in [-0.25, -0.2) is 9.18 Å². The van der Waals surface area contributed by atoms with Gasteiger partial charge in [-0.05, 0) is 119 Å². The predicted molar refractivity (Wildman–Crippen MR) is 162 cm³/mol.